The lowest BCUT2D eigenvalue weighted by Crippen LogP contribution is -2.42. The van der Waals surface area contributed by atoms with Crippen LogP contribution in [0.2, 0.25) is 0 Å². The molecule has 2 aliphatic rings. The van der Waals surface area contributed by atoms with Crippen LogP contribution in [0.4, 0.5) is 5.13 Å². The minimum atomic E-state index is -0.0886. The van der Waals surface area contributed by atoms with Crippen molar-refractivity contribution < 1.29 is 19.0 Å². The summed E-state index contributed by atoms with van der Waals surface area (Å²) in [6.07, 6.45) is 3.43. The van der Waals surface area contributed by atoms with Gasteiger partial charge in [-0.2, -0.15) is 0 Å². The van der Waals surface area contributed by atoms with Gasteiger partial charge in [0.05, 0.1) is 23.4 Å². The minimum absolute atomic E-state index is 0.0886. The molecule has 0 atom stereocenters. The fraction of sp³-hybridized carbons (Fsp3) is 0.360. The van der Waals surface area contributed by atoms with Crippen molar-refractivity contribution in [2.24, 2.45) is 0 Å². The number of anilines is 1. The molecule has 0 unspecified atom stereocenters. The van der Waals surface area contributed by atoms with Gasteiger partial charge in [0.2, 0.25) is 6.79 Å². The highest BCUT2D eigenvalue weighted by Gasteiger charge is 2.21. The van der Waals surface area contributed by atoms with Crippen LogP contribution in [0.15, 0.2) is 36.4 Å². The van der Waals surface area contributed by atoms with Crippen molar-refractivity contribution >= 4 is 38.7 Å². The molecular formula is C25H27N3O4S. The number of benzene rings is 2. The van der Waals surface area contributed by atoms with E-state index in [0.717, 1.165) is 65.1 Å². The molecule has 5 rings (SSSR count). The second-order valence-electron chi connectivity index (χ2n) is 8.24. The Balaban J connectivity index is 1.40. The van der Waals surface area contributed by atoms with Crippen LogP contribution in [-0.4, -0.2) is 62.0 Å². The Morgan fingerprint density at radius 1 is 1.15 bits per heavy atom. The van der Waals surface area contributed by atoms with Crippen molar-refractivity contribution in [2.45, 2.75) is 13.8 Å². The molecule has 7 nitrogen and oxygen atoms in total. The highest BCUT2D eigenvalue weighted by Crippen LogP contribution is 2.34. The number of morpholine rings is 1. The van der Waals surface area contributed by atoms with E-state index in [1.807, 2.05) is 24.3 Å². The van der Waals surface area contributed by atoms with E-state index in [-0.39, 0.29) is 12.7 Å². The molecule has 3 aromatic rings. The van der Waals surface area contributed by atoms with E-state index in [1.165, 1.54) is 5.56 Å². The average molecular weight is 466 g/mol. The SMILES string of the molecule is Cc1ccc2sc(N(CCN3CCOCC3)C(=O)/C=C/c3ccc4c(c3)OCO4)nc2c1C. The summed E-state index contributed by atoms with van der Waals surface area (Å²) >= 11 is 1.56. The smallest absolute Gasteiger partial charge is 0.252 e. The summed E-state index contributed by atoms with van der Waals surface area (Å²) in [7, 11) is 0. The second kappa shape index (κ2) is 9.51. The summed E-state index contributed by atoms with van der Waals surface area (Å²) in [5, 5.41) is 0.729. The molecule has 172 valence electrons. The molecule has 1 saturated heterocycles. The van der Waals surface area contributed by atoms with Gasteiger partial charge in [0, 0.05) is 32.3 Å². The summed E-state index contributed by atoms with van der Waals surface area (Å²) in [5.41, 5.74) is 4.22. The van der Waals surface area contributed by atoms with E-state index in [1.54, 1.807) is 22.3 Å². The fourth-order valence-corrected chi connectivity index (χ4v) is 5.03. The third-order valence-electron chi connectivity index (χ3n) is 6.13. The van der Waals surface area contributed by atoms with Gasteiger partial charge in [0.25, 0.3) is 5.91 Å². The number of nitrogens with zero attached hydrogens (tertiary/aromatic N) is 3. The summed E-state index contributed by atoms with van der Waals surface area (Å²) in [6, 6.07) is 9.86. The third kappa shape index (κ3) is 4.73. The van der Waals surface area contributed by atoms with Crippen LogP contribution in [0.5, 0.6) is 11.5 Å². The number of rotatable bonds is 6. The number of aromatic nitrogens is 1. The van der Waals surface area contributed by atoms with E-state index in [9.17, 15) is 4.79 Å². The Hall–Kier alpha value is -2.94. The Labute approximate surface area is 197 Å². The number of hydrogen-bond donors (Lipinski definition) is 0. The Bertz CT molecular complexity index is 1200. The zero-order valence-electron chi connectivity index (χ0n) is 18.9. The van der Waals surface area contributed by atoms with Gasteiger partial charge in [-0.3, -0.25) is 14.6 Å². The quantitative estimate of drug-likeness (QED) is 0.513. The van der Waals surface area contributed by atoms with Crippen LogP contribution in [0, 0.1) is 13.8 Å². The van der Waals surface area contributed by atoms with Crippen LogP contribution in [0.25, 0.3) is 16.3 Å². The van der Waals surface area contributed by atoms with Gasteiger partial charge in [-0.1, -0.05) is 23.5 Å². The average Bonchev–Trinajstić information content (AvgIpc) is 3.48. The van der Waals surface area contributed by atoms with Gasteiger partial charge in [0.15, 0.2) is 16.6 Å². The highest BCUT2D eigenvalue weighted by atomic mass is 32.1. The topological polar surface area (TPSA) is 64.1 Å². The van der Waals surface area contributed by atoms with E-state index in [4.69, 9.17) is 19.2 Å². The van der Waals surface area contributed by atoms with Gasteiger partial charge in [0.1, 0.15) is 0 Å². The second-order valence-corrected chi connectivity index (χ2v) is 9.25. The van der Waals surface area contributed by atoms with Gasteiger partial charge >= 0.3 is 0 Å². The van der Waals surface area contributed by atoms with Crippen LogP contribution >= 0.6 is 11.3 Å². The highest BCUT2D eigenvalue weighted by molar-refractivity contribution is 7.22. The number of ether oxygens (including phenoxy) is 3. The first kappa shape index (κ1) is 21.9. The van der Waals surface area contributed by atoms with E-state index < -0.39 is 0 Å². The van der Waals surface area contributed by atoms with Crippen molar-refractivity contribution in [3.05, 3.63) is 53.1 Å². The van der Waals surface area contributed by atoms with Crippen molar-refractivity contribution in [2.75, 3.05) is 51.1 Å². The predicted molar refractivity (Wildman–Crippen MR) is 130 cm³/mol. The van der Waals surface area contributed by atoms with Gasteiger partial charge in [-0.15, -0.1) is 0 Å². The first-order chi connectivity index (χ1) is 16.1. The first-order valence-electron chi connectivity index (χ1n) is 11.1. The molecule has 2 aromatic carbocycles. The number of fused-ring (bicyclic) bond motifs is 2. The number of thiazole rings is 1. The molecule has 3 heterocycles. The normalized spacial score (nSPS) is 16.1. The van der Waals surface area contributed by atoms with E-state index in [0.29, 0.717) is 12.3 Å². The minimum Gasteiger partial charge on any atom is -0.454 e. The van der Waals surface area contributed by atoms with Crippen molar-refractivity contribution in [3.63, 3.8) is 0 Å². The maximum Gasteiger partial charge on any atom is 0.252 e. The molecule has 8 heteroatoms. The number of amides is 1. The van der Waals surface area contributed by atoms with E-state index >= 15 is 0 Å². The molecule has 1 fully saturated rings. The molecule has 2 aliphatic heterocycles. The molecular weight excluding hydrogens is 438 g/mol. The molecule has 0 spiro atoms. The van der Waals surface area contributed by atoms with Crippen molar-refractivity contribution in [3.8, 4) is 11.5 Å². The lowest BCUT2D eigenvalue weighted by Gasteiger charge is -2.28. The van der Waals surface area contributed by atoms with Crippen LogP contribution < -0.4 is 14.4 Å². The van der Waals surface area contributed by atoms with Gasteiger partial charge in [-0.05, 0) is 54.8 Å². The Kier molecular flexibility index (Phi) is 6.30. The Morgan fingerprint density at radius 3 is 2.82 bits per heavy atom. The van der Waals surface area contributed by atoms with Crippen LogP contribution in [0.1, 0.15) is 16.7 Å². The third-order valence-corrected chi connectivity index (χ3v) is 7.17. The molecule has 0 radical (unpaired) electrons. The van der Waals surface area contributed by atoms with Crippen LogP contribution in [-0.2, 0) is 9.53 Å². The lowest BCUT2D eigenvalue weighted by molar-refractivity contribution is -0.114. The molecule has 0 bridgehead atoms. The predicted octanol–water partition coefficient (Wildman–Crippen LogP) is 4.02. The summed E-state index contributed by atoms with van der Waals surface area (Å²) in [6.45, 7) is 8.98. The standard InChI is InChI=1S/C25H27N3O4S/c1-17-3-7-22-24(18(17)2)26-25(33-22)28(10-9-27-11-13-30-14-12-27)23(29)8-5-19-4-6-20-21(15-19)32-16-31-20/h3-8,15H,9-14,16H2,1-2H3/b8-5+. The van der Waals surface area contributed by atoms with Gasteiger partial charge < -0.3 is 14.2 Å². The molecule has 1 amide bonds. The number of carbonyl (C=O) groups is 1. The summed E-state index contributed by atoms with van der Waals surface area (Å²) in [4.78, 5) is 22.3. The van der Waals surface area contributed by atoms with Gasteiger partial charge in [-0.25, -0.2) is 4.98 Å². The first-order valence-corrected chi connectivity index (χ1v) is 12.0. The zero-order valence-corrected chi connectivity index (χ0v) is 19.7. The van der Waals surface area contributed by atoms with Crippen molar-refractivity contribution in [1.82, 2.24) is 9.88 Å². The maximum absolute atomic E-state index is 13.4. The zero-order chi connectivity index (χ0) is 22.8. The molecule has 0 aliphatic carbocycles. The molecule has 0 N–H and O–H groups in total. The molecule has 0 saturated carbocycles. The molecule has 1 aromatic heterocycles. The maximum atomic E-state index is 13.4. The largest absolute Gasteiger partial charge is 0.454 e. The van der Waals surface area contributed by atoms with E-state index in [2.05, 4.69) is 30.9 Å². The Morgan fingerprint density at radius 2 is 1.97 bits per heavy atom. The number of hydrogen-bond acceptors (Lipinski definition) is 7. The fourth-order valence-electron chi connectivity index (χ4n) is 3.97. The summed E-state index contributed by atoms with van der Waals surface area (Å²) < 4.78 is 17.4. The molecule has 33 heavy (non-hydrogen) atoms. The summed E-state index contributed by atoms with van der Waals surface area (Å²) in [5.74, 6) is 1.34. The lowest BCUT2D eigenvalue weighted by atomic mass is 10.1. The number of carbonyl (C=O) groups excluding carboxylic acids is 1. The monoisotopic (exact) mass is 465 g/mol. The number of aryl methyl sites for hydroxylation is 2. The van der Waals surface area contributed by atoms with Crippen LogP contribution in [0.3, 0.4) is 0 Å². The van der Waals surface area contributed by atoms with Crippen molar-refractivity contribution in [1.29, 1.82) is 0 Å².